The molecule has 0 aliphatic heterocycles. The lowest BCUT2D eigenvalue weighted by atomic mass is 10.00. The molecule has 0 aliphatic carbocycles. The number of methoxy groups -OCH3 is 1. The number of carbonyl (C=O) groups is 1. The van der Waals surface area contributed by atoms with Crippen LogP contribution in [0.5, 0.6) is 11.5 Å². The van der Waals surface area contributed by atoms with Crippen LogP contribution in [0.4, 0.5) is 0 Å². The Morgan fingerprint density at radius 1 is 0.935 bits per heavy atom. The van der Waals surface area contributed by atoms with E-state index < -0.39 is 5.63 Å². The van der Waals surface area contributed by atoms with E-state index in [-0.39, 0.29) is 12.4 Å². The fourth-order valence-electron chi connectivity index (χ4n) is 3.47. The molecule has 4 rings (SSSR count). The van der Waals surface area contributed by atoms with Gasteiger partial charge < -0.3 is 13.9 Å². The second-order valence-electron chi connectivity index (χ2n) is 7.35. The summed E-state index contributed by atoms with van der Waals surface area (Å²) in [6.45, 7) is 3.68. The molecule has 3 aromatic carbocycles. The van der Waals surface area contributed by atoms with Crippen molar-refractivity contribution in [3.8, 4) is 22.6 Å². The van der Waals surface area contributed by atoms with Crippen LogP contribution in [0.1, 0.15) is 21.5 Å². The molecule has 0 aliphatic rings. The zero-order valence-electron chi connectivity index (χ0n) is 17.6. The van der Waals surface area contributed by atoms with E-state index in [1.54, 1.807) is 25.3 Å². The van der Waals surface area contributed by atoms with E-state index in [0.29, 0.717) is 22.5 Å². The predicted octanol–water partition coefficient (Wildman–Crippen LogP) is 5.35. The number of hydrogen-bond donors (Lipinski definition) is 0. The zero-order valence-corrected chi connectivity index (χ0v) is 17.6. The van der Waals surface area contributed by atoms with Gasteiger partial charge in [0.05, 0.1) is 7.11 Å². The molecule has 0 fully saturated rings. The molecule has 5 heteroatoms. The largest absolute Gasteiger partial charge is 0.497 e. The van der Waals surface area contributed by atoms with Gasteiger partial charge in [0.25, 0.3) is 0 Å². The van der Waals surface area contributed by atoms with Gasteiger partial charge in [-0.05, 0) is 49.2 Å². The van der Waals surface area contributed by atoms with Crippen LogP contribution < -0.4 is 15.1 Å². The summed E-state index contributed by atoms with van der Waals surface area (Å²) in [5, 5.41) is 0.791. The number of Topliss-reactive ketones (excluding diaryl/α,β-unsaturated/α-hetero) is 1. The molecule has 0 saturated carbocycles. The number of ether oxygens (including phenoxy) is 2. The lowest BCUT2D eigenvalue weighted by Gasteiger charge is -2.12. The second kappa shape index (κ2) is 8.48. The summed E-state index contributed by atoms with van der Waals surface area (Å²) in [6.07, 6.45) is 0. The Labute approximate surface area is 179 Å². The minimum absolute atomic E-state index is 0.0994. The highest BCUT2D eigenvalue weighted by molar-refractivity contribution is 5.98. The van der Waals surface area contributed by atoms with E-state index in [2.05, 4.69) is 0 Å². The quantitative estimate of drug-likeness (QED) is 0.314. The summed E-state index contributed by atoms with van der Waals surface area (Å²) >= 11 is 0. The Morgan fingerprint density at radius 3 is 2.32 bits per heavy atom. The van der Waals surface area contributed by atoms with Gasteiger partial charge in [-0.2, -0.15) is 0 Å². The smallest absolute Gasteiger partial charge is 0.336 e. The van der Waals surface area contributed by atoms with E-state index in [0.717, 1.165) is 27.8 Å². The van der Waals surface area contributed by atoms with Gasteiger partial charge in [-0.1, -0.05) is 42.0 Å². The van der Waals surface area contributed by atoms with Gasteiger partial charge in [0.15, 0.2) is 12.4 Å². The van der Waals surface area contributed by atoms with Crippen molar-refractivity contribution in [2.45, 2.75) is 13.8 Å². The van der Waals surface area contributed by atoms with Crippen molar-refractivity contribution in [1.82, 2.24) is 0 Å². The van der Waals surface area contributed by atoms with Gasteiger partial charge in [0, 0.05) is 22.6 Å². The summed E-state index contributed by atoms with van der Waals surface area (Å²) < 4.78 is 16.5. The Balaban J connectivity index is 1.66. The first-order valence-electron chi connectivity index (χ1n) is 9.91. The van der Waals surface area contributed by atoms with Gasteiger partial charge in [-0.15, -0.1) is 0 Å². The lowest BCUT2D eigenvalue weighted by Crippen LogP contribution is -2.12. The number of fused-ring (bicyclic) bond motifs is 1. The van der Waals surface area contributed by atoms with Crippen molar-refractivity contribution >= 4 is 16.8 Å². The molecule has 1 heterocycles. The van der Waals surface area contributed by atoms with E-state index in [4.69, 9.17) is 13.9 Å². The maximum atomic E-state index is 12.4. The minimum atomic E-state index is -0.450. The van der Waals surface area contributed by atoms with Gasteiger partial charge in [-0.3, -0.25) is 4.79 Å². The maximum Gasteiger partial charge on any atom is 0.336 e. The monoisotopic (exact) mass is 414 g/mol. The number of ketones is 1. The fourth-order valence-corrected chi connectivity index (χ4v) is 3.47. The Bertz CT molecular complexity index is 1300. The molecule has 5 nitrogen and oxygen atoms in total. The van der Waals surface area contributed by atoms with Crippen LogP contribution in [0, 0.1) is 13.8 Å². The average molecular weight is 414 g/mol. The highest BCUT2D eigenvalue weighted by Crippen LogP contribution is 2.33. The van der Waals surface area contributed by atoms with E-state index in [1.807, 2.05) is 56.3 Å². The first-order chi connectivity index (χ1) is 15.0. The van der Waals surface area contributed by atoms with Crippen molar-refractivity contribution in [2.75, 3.05) is 13.7 Å². The molecule has 31 heavy (non-hydrogen) atoms. The van der Waals surface area contributed by atoms with E-state index in [9.17, 15) is 9.59 Å². The Morgan fingerprint density at radius 2 is 1.65 bits per heavy atom. The first kappa shape index (κ1) is 20.4. The first-order valence-corrected chi connectivity index (χ1v) is 9.91. The van der Waals surface area contributed by atoms with E-state index >= 15 is 0 Å². The van der Waals surface area contributed by atoms with Crippen LogP contribution in [-0.4, -0.2) is 19.5 Å². The second-order valence-corrected chi connectivity index (χ2v) is 7.35. The van der Waals surface area contributed by atoms with Crippen molar-refractivity contribution < 1.29 is 18.7 Å². The van der Waals surface area contributed by atoms with Crippen LogP contribution in [0.25, 0.3) is 22.1 Å². The number of hydrogen-bond acceptors (Lipinski definition) is 5. The summed E-state index contributed by atoms with van der Waals surface area (Å²) in [7, 11) is 1.61. The minimum Gasteiger partial charge on any atom is -0.497 e. The molecule has 0 spiro atoms. The third kappa shape index (κ3) is 4.21. The normalized spacial score (nSPS) is 10.8. The SMILES string of the molecule is COc1ccc(-c2cc(=O)oc3c(C)c(OCC(=O)c4ccc(C)cc4)ccc23)cc1. The zero-order chi connectivity index (χ0) is 22.0. The van der Waals surface area contributed by atoms with Crippen molar-refractivity contribution in [3.63, 3.8) is 0 Å². The molecular formula is C26H22O5. The van der Waals surface area contributed by atoms with Crippen LogP contribution in [0.3, 0.4) is 0 Å². The molecular weight excluding hydrogens is 392 g/mol. The van der Waals surface area contributed by atoms with Crippen LogP contribution in [-0.2, 0) is 0 Å². The third-order valence-electron chi connectivity index (χ3n) is 5.24. The summed E-state index contributed by atoms with van der Waals surface area (Å²) in [5.41, 5.74) is 3.98. The third-order valence-corrected chi connectivity index (χ3v) is 5.24. The molecule has 0 saturated heterocycles. The number of carbonyl (C=O) groups excluding carboxylic acids is 1. The van der Waals surface area contributed by atoms with Gasteiger partial charge in [0.1, 0.15) is 17.1 Å². The van der Waals surface area contributed by atoms with Gasteiger partial charge >= 0.3 is 5.63 Å². The highest BCUT2D eigenvalue weighted by Gasteiger charge is 2.15. The van der Waals surface area contributed by atoms with E-state index in [1.165, 1.54) is 6.07 Å². The standard InChI is InChI=1S/C26H22O5/c1-16-4-6-19(7-5-16)23(27)15-30-24-13-12-21-22(14-25(28)31-26(21)17(24)2)18-8-10-20(29-3)11-9-18/h4-14H,15H2,1-3H3. The van der Waals surface area contributed by atoms with Crippen molar-refractivity contribution in [3.05, 3.63) is 93.8 Å². The summed E-state index contributed by atoms with van der Waals surface area (Å²) in [6, 6.07) is 20.0. The summed E-state index contributed by atoms with van der Waals surface area (Å²) in [4.78, 5) is 24.7. The molecule has 1 aromatic heterocycles. The topological polar surface area (TPSA) is 65.7 Å². The molecule has 0 amide bonds. The number of rotatable bonds is 6. The number of aryl methyl sites for hydroxylation is 2. The lowest BCUT2D eigenvalue weighted by molar-refractivity contribution is 0.0921. The van der Waals surface area contributed by atoms with Crippen LogP contribution in [0.15, 0.2) is 75.9 Å². The number of benzene rings is 3. The van der Waals surface area contributed by atoms with Crippen molar-refractivity contribution in [2.24, 2.45) is 0 Å². The van der Waals surface area contributed by atoms with Crippen LogP contribution >= 0.6 is 0 Å². The average Bonchev–Trinajstić information content (AvgIpc) is 2.79. The molecule has 0 unspecified atom stereocenters. The van der Waals surface area contributed by atoms with Crippen molar-refractivity contribution in [1.29, 1.82) is 0 Å². The molecule has 0 radical (unpaired) electrons. The summed E-state index contributed by atoms with van der Waals surface area (Å²) in [5.74, 6) is 1.12. The Hall–Kier alpha value is -3.86. The molecule has 156 valence electrons. The molecule has 4 aromatic rings. The Kier molecular flexibility index (Phi) is 5.58. The molecule has 0 bridgehead atoms. The molecule has 0 N–H and O–H groups in total. The highest BCUT2D eigenvalue weighted by atomic mass is 16.5. The predicted molar refractivity (Wildman–Crippen MR) is 120 cm³/mol. The maximum absolute atomic E-state index is 12.4. The van der Waals surface area contributed by atoms with Gasteiger partial charge in [0.2, 0.25) is 0 Å². The van der Waals surface area contributed by atoms with Gasteiger partial charge in [-0.25, -0.2) is 4.79 Å². The fraction of sp³-hybridized carbons (Fsp3) is 0.154. The van der Waals surface area contributed by atoms with Crippen LogP contribution in [0.2, 0.25) is 0 Å². The molecule has 0 atom stereocenters.